The molecule has 1 saturated heterocycles. The van der Waals surface area contributed by atoms with Crippen LogP contribution in [-0.4, -0.2) is 28.5 Å². The number of anilines is 1. The summed E-state index contributed by atoms with van der Waals surface area (Å²) in [6.07, 6.45) is 1.65. The maximum absolute atomic E-state index is 12.8. The van der Waals surface area contributed by atoms with E-state index in [1.807, 2.05) is 54.6 Å². The molecule has 36 heavy (non-hydrogen) atoms. The highest BCUT2D eigenvalue weighted by atomic mass is 32.2. The quantitative estimate of drug-likeness (QED) is 0.315. The molecule has 1 fully saturated rings. The van der Waals surface area contributed by atoms with Gasteiger partial charge in [0, 0.05) is 5.69 Å². The first-order valence-electron chi connectivity index (χ1n) is 11.4. The van der Waals surface area contributed by atoms with E-state index >= 15 is 0 Å². The lowest BCUT2D eigenvalue weighted by Gasteiger charge is -2.12. The summed E-state index contributed by atoms with van der Waals surface area (Å²) in [4.78, 5) is 38.6. The molecule has 0 atom stereocenters. The predicted molar refractivity (Wildman–Crippen MR) is 142 cm³/mol. The third kappa shape index (κ3) is 5.31. The summed E-state index contributed by atoms with van der Waals surface area (Å²) < 4.78 is 5.97. The molecular formula is C29H22N2O4S. The number of amides is 3. The Morgan fingerprint density at radius 3 is 2.39 bits per heavy atom. The number of rotatable bonds is 7. The Kier molecular flexibility index (Phi) is 6.82. The monoisotopic (exact) mass is 494 g/mol. The zero-order valence-electron chi connectivity index (χ0n) is 19.2. The van der Waals surface area contributed by atoms with E-state index in [1.54, 1.807) is 30.3 Å². The average molecular weight is 495 g/mol. The van der Waals surface area contributed by atoms with Gasteiger partial charge in [-0.25, -0.2) is 0 Å². The van der Waals surface area contributed by atoms with Crippen LogP contribution < -0.4 is 10.1 Å². The van der Waals surface area contributed by atoms with Gasteiger partial charge < -0.3 is 10.1 Å². The number of fused-ring (bicyclic) bond motifs is 1. The fourth-order valence-corrected chi connectivity index (χ4v) is 4.73. The van der Waals surface area contributed by atoms with Crippen LogP contribution in [0, 0.1) is 0 Å². The van der Waals surface area contributed by atoms with Crippen molar-refractivity contribution in [2.24, 2.45) is 0 Å². The number of para-hydroxylation sites is 1. The largest absolute Gasteiger partial charge is 0.489 e. The number of carbonyl (C=O) groups excluding carboxylic acids is 3. The van der Waals surface area contributed by atoms with Crippen molar-refractivity contribution in [1.29, 1.82) is 0 Å². The molecule has 0 aromatic heterocycles. The van der Waals surface area contributed by atoms with Crippen LogP contribution in [0.2, 0.25) is 0 Å². The number of hydrogen-bond donors (Lipinski definition) is 1. The first-order valence-corrected chi connectivity index (χ1v) is 12.2. The Morgan fingerprint density at radius 2 is 1.58 bits per heavy atom. The van der Waals surface area contributed by atoms with Crippen molar-refractivity contribution in [3.63, 3.8) is 0 Å². The van der Waals surface area contributed by atoms with Crippen LogP contribution in [0.3, 0.4) is 0 Å². The maximum Gasteiger partial charge on any atom is 0.294 e. The minimum absolute atomic E-state index is 0.275. The summed E-state index contributed by atoms with van der Waals surface area (Å²) in [5, 5.41) is 4.54. The van der Waals surface area contributed by atoms with Gasteiger partial charge in [0.05, 0.1) is 4.91 Å². The van der Waals surface area contributed by atoms with Crippen LogP contribution in [0.5, 0.6) is 5.75 Å². The van der Waals surface area contributed by atoms with Crippen LogP contribution in [0.4, 0.5) is 10.5 Å². The Balaban J connectivity index is 1.21. The van der Waals surface area contributed by atoms with E-state index in [2.05, 4.69) is 23.5 Å². The molecule has 1 heterocycles. The summed E-state index contributed by atoms with van der Waals surface area (Å²) >= 11 is 0.825. The lowest BCUT2D eigenvalue weighted by Crippen LogP contribution is -2.36. The van der Waals surface area contributed by atoms with Crippen LogP contribution in [-0.2, 0) is 16.2 Å². The molecule has 1 N–H and O–H groups in total. The third-order valence-corrected chi connectivity index (χ3v) is 6.59. The van der Waals surface area contributed by atoms with Gasteiger partial charge in [0.15, 0.2) is 0 Å². The van der Waals surface area contributed by atoms with Gasteiger partial charge in [-0.3, -0.25) is 19.3 Å². The summed E-state index contributed by atoms with van der Waals surface area (Å²) in [5.74, 6) is -0.215. The van der Waals surface area contributed by atoms with E-state index in [0.29, 0.717) is 18.0 Å². The van der Waals surface area contributed by atoms with E-state index in [-0.39, 0.29) is 11.4 Å². The molecule has 0 saturated carbocycles. The number of carbonyl (C=O) groups is 3. The SMILES string of the molecule is O=C(CN1C(=O)S/C(=C/c2ccc(OCc3cccc4ccccc34)cc2)C1=O)Nc1ccccc1. The van der Waals surface area contributed by atoms with E-state index in [4.69, 9.17) is 4.74 Å². The molecule has 7 heteroatoms. The molecule has 0 bridgehead atoms. The first kappa shape index (κ1) is 23.4. The highest BCUT2D eigenvalue weighted by molar-refractivity contribution is 8.18. The molecule has 5 rings (SSSR count). The zero-order chi connectivity index (χ0) is 24.9. The van der Waals surface area contributed by atoms with Gasteiger partial charge >= 0.3 is 0 Å². The summed E-state index contributed by atoms with van der Waals surface area (Å²) in [5.41, 5.74) is 2.46. The molecule has 3 amide bonds. The number of nitrogens with one attached hydrogen (secondary N) is 1. The van der Waals surface area contributed by atoms with Gasteiger partial charge in [-0.15, -0.1) is 0 Å². The highest BCUT2D eigenvalue weighted by Gasteiger charge is 2.36. The van der Waals surface area contributed by atoms with E-state index in [0.717, 1.165) is 33.2 Å². The second kappa shape index (κ2) is 10.5. The van der Waals surface area contributed by atoms with Gasteiger partial charge in [0.1, 0.15) is 18.9 Å². The second-order valence-electron chi connectivity index (χ2n) is 8.18. The van der Waals surface area contributed by atoms with E-state index in [1.165, 1.54) is 5.39 Å². The molecule has 1 aliphatic heterocycles. The summed E-state index contributed by atoms with van der Waals surface area (Å²) in [7, 11) is 0. The van der Waals surface area contributed by atoms with Crippen molar-refractivity contribution in [1.82, 2.24) is 4.90 Å². The van der Waals surface area contributed by atoms with Crippen LogP contribution in [0.25, 0.3) is 16.8 Å². The number of hydrogen-bond acceptors (Lipinski definition) is 5. The van der Waals surface area contributed by atoms with Gasteiger partial charge in [0.25, 0.3) is 11.1 Å². The van der Waals surface area contributed by atoms with Crippen LogP contribution >= 0.6 is 11.8 Å². The number of imide groups is 1. The van der Waals surface area contributed by atoms with Gasteiger partial charge in [-0.1, -0.05) is 72.8 Å². The molecule has 178 valence electrons. The fourth-order valence-electron chi connectivity index (χ4n) is 3.89. The maximum atomic E-state index is 12.8. The van der Waals surface area contributed by atoms with Crippen molar-refractivity contribution in [2.75, 3.05) is 11.9 Å². The van der Waals surface area contributed by atoms with Gasteiger partial charge in [-0.2, -0.15) is 0 Å². The van der Waals surface area contributed by atoms with Crippen LogP contribution in [0.1, 0.15) is 11.1 Å². The highest BCUT2D eigenvalue weighted by Crippen LogP contribution is 2.32. The Morgan fingerprint density at radius 1 is 0.861 bits per heavy atom. The minimum Gasteiger partial charge on any atom is -0.489 e. The molecule has 0 unspecified atom stereocenters. The Labute approximate surface area is 212 Å². The van der Waals surface area contributed by atoms with Crippen molar-refractivity contribution in [3.05, 3.63) is 113 Å². The molecule has 0 spiro atoms. The van der Waals surface area contributed by atoms with Crippen molar-refractivity contribution in [2.45, 2.75) is 6.61 Å². The number of ether oxygens (including phenoxy) is 1. The summed E-state index contributed by atoms with van der Waals surface area (Å²) in [6, 6.07) is 30.5. The molecular weight excluding hydrogens is 472 g/mol. The topological polar surface area (TPSA) is 75.7 Å². The molecule has 6 nitrogen and oxygen atoms in total. The van der Waals surface area contributed by atoms with Crippen molar-refractivity contribution >= 4 is 51.4 Å². The third-order valence-electron chi connectivity index (χ3n) is 5.68. The molecule has 0 radical (unpaired) electrons. The van der Waals surface area contributed by atoms with Crippen molar-refractivity contribution < 1.29 is 19.1 Å². The Bertz CT molecular complexity index is 1460. The molecule has 0 aliphatic carbocycles. The van der Waals surface area contributed by atoms with Crippen molar-refractivity contribution in [3.8, 4) is 5.75 Å². The minimum atomic E-state index is -0.482. The summed E-state index contributed by atoms with van der Waals surface area (Å²) in [6.45, 7) is 0.0997. The van der Waals surface area contributed by atoms with Crippen LogP contribution in [0.15, 0.2) is 102 Å². The lowest BCUT2D eigenvalue weighted by atomic mass is 10.1. The van der Waals surface area contributed by atoms with E-state index < -0.39 is 17.1 Å². The normalized spacial score (nSPS) is 14.4. The smallest absolute Gasteiger partial charge is 0.294 e. The number of benzene rings is 4. The predicted octanol–water partition coefficient (Wildman–Crippen LogP) is 6.09. The molecule has 4 aromatic carbocycles. The number of thioether (sulfide) groups is 1. The molecule has 1 aliphatic rings. The standard InChI is InChI=1S/C29H22N2O4S/c32-27(30-23-10-2-1-3-11-23)18-31-28(33)26(36-29(31)34)17-20-13-15-24(16-14-20)35-19-22-9-6-8-21-7-4-5-12-25(21)22/h1-17H,18-19H2,(H,30,32)/b26-17+. The zero-order valence-corrected chi connectivity index (χ0v) is 20.0. The number of nitrogens with zero attached hydrogens (tertiary/aromatic N) is 1. The lowest BCUT2D eigenvalue weighted by molar-refractivity contribution is -0.127. The van der Waals surface area contributed by atoms with Gasteiger partial charge in [-0.05, 0) is 64.0 Å². The fraction of sp³-hybridized carbons (Fsp3) is 0.0690. The van der Waals surface area contributed by atoms with Gasteiger partial charge in [0.2, 0.25) is 5.91 Å². The van der Waals surface area contributed by atoms with E-state index in [9.17, 15) is 14.4 Å². The first-order chi connectivity index (χ1) is 17.6. The second-order valence-corrected chi connectivity index (χ2v) is 9.17. The Hall–Kier alpha value is -4.36. The average Bonchev–Trinajstić information content (AvgIpc) is 3.16. The molecule has 4 aromatic rings.